The predicted molar refractivity (Wildman–Crippen MR) is 81.7 cm³/mol. The number of nitrogens with one attached hydrogen (secondary N) is 2. The van der Waals surface area contributed by atoms with Gasteiger partial charge in [-0.2, -0.15) is 0 Å². The minimum absolute atomic E-state index is 0.0389. The van der Waals surface area contributed by atoms with E-state index < -0.39 is 35.7 Å². The molecule has 0 bridgehead atoms. The molecule has 0 aliphatic rings. The first-order valence-corrected chi connectivity index (χ1v) is 7.44. The van der Waals surface area contributed by atoms with E-state index >= 15 is 0 Å². The molecule has 0 radical (unpaired) electrons. The first kappa shape index (κ1) is 18.9. The molecular formula is C16H22F2N2O3. The molecule has 23 heavy (non-hydrogen) atoms. The van der Waals surface area contributed by atoms with Crippen molar-refractivity contribution in [3.63, 3.8) is 0 Å². The van der Waals surface area contributed by atoms with Crippen LogP contribution in [-0.4, -0.2) is 24.6 Å². The average Bonchev–Trinajstić information content (AvgIpc) is 2.47. The number of amides is 2. The van der Waals surface area contributed by atoms with Gasteiger partial charge in [-0.05, 0) is 38.0 Å². The van der Waals surface area contributed by atoms with E-state index in [1.165, 1.54) is 6.92 Å². The van der Waals surface area contributed by atoms with E-state index in [0.717, 1.165) is 18.2 Å². The van der Waals surface area contributed by atoms with Gasteiger partial charge in [-0.3, -0.25) is 4.79 Å². The van der Waals surface area contributed by atoms with E-state index in [4.69, 9.17) is 4.74 Å². The number of alkyl carbamates (subject to hydrolysis) is 1. The molecule has 1 aromatic rings. The Hall–Kier alpha value is -2.18. The third-order valence-corrected chi connectivity index (χ3v) is 3.28. The van der Waals surface area contributed by atoms with E-state index in [1.54, 1.807) is 20.8 Å². The Balaban J connectivity index is 2.81. The van der Waals surface area contributed by atoms with Gasteiger partial charge < -0.3 is 15.4 Å². The fourth-order valence-corrected chi connectivity index (χ4v) is 2.06. The summed E-state index contributed by atoms with van der Waals surface area (Å²) < 4.78 is 31.7. The van der Waals surface area contributed by atoms with Gasteiger partial charge in [0, 0.05) is 5.56 Å². The summed E-state index contributed by atoms with van der Waals surface area (Å²) in [5.74, 6) is -1.90. The third kappa shape index (κ3) is 5.50. The number of hydrogen-bond donors (Lipinski definition) is 2. The molecule has 0 heterocycles. The zero-order valence-electron chi connectivity index (χ0n) is 13.7. The normalized spacial score (nSPS) is 13.3. The highest BCUT2D eigenvalue weighted by Gasteiger charge is 2.26. The van der Waals surface area contributed by atoms with Crippen LogP contribution in [0.3, 0.4) is 0 Å². The van der Waals surface area contributed by atoms with Gasteiger partial charge in [0.25, 0.3) is 0 Å². The quantitative estimate of drug-likeness (QED) is 0.844. The van der Waals surface area contributed by atoms with Crippen LogP contribution in [0.5, 0.6) is 0 Å². The summed E-state index contributed by atoms with van der Waals surface area (Å²) in [4.78, 5) is 23.8. The second-order valence-corrected chi connectivity index (χ2v) is 5.48. The number of carbonyl (C=O) groups excluding carboxylic acids is 2. The molecule has 0 aliphatic carbocycles. The number of hydrogen-bond acceptors (Lipinski definition) is 3. The molecule has 1 aromatic carbocycles. The zero-order chi connectivity index (χ0) is 17.6. The summed E-state index contributed by atoms with van der Waals surface area (Å²) in [7, 11) is 0. The number of benzene rings is 1. The first-order chi connectivity index (χ1) is 10.8. The minimum atomic E-state index is -0.840. The van der Waals surface area contributed by atoms with Crippen molar-refractivity contribution >= 4 is 12.0 Å². The molecule has 0 saturated carbocycles. The van der Waals surface area contributed by atoms with Crippen LogP contribution in [0.4, 0.5) is 13.6 Å². The standard InChI is InChI=1S/C16H22F2N2O3/c1-5-23-16(22)20-14(9(2)3)15(21)19-10(4)12-8-11(17)6-7-13(12)18/h6-10,14H,5H2,1-4H3,(H,19,21)(H,20,22). The first-order valence-electron chi connectivity index (χ1n) is 7.44. The fourth-order valence-electron chi connectivity index (χ4n) is 2.06. The molecule has 0 aromatic heterocycles. The molecule has 5 nitrogen and oxygen atoms in total. The van der Waals surface area contributed by atoms with E-state index in [-0.39, 0.29) is 18.1 Å². The van der Waals surface area contributed by atoms with Crippen LogP contribution < -0.4 is 10.6 Å². The second-order valence-electron chi connectivity index (χ2n) is 5.48. The van der Waals surface area contributed by atoms with E-state index in [0.29, 0.717) is 0 Å². The van der Waals surface area contributed by atoms with Gasteiger partial charge >= 0.3 is 6.09 Å². The van der Waals surface area contributed by atoms with Crippen LogP contribution in [-0.2, 0) is 9.53 Å². The van der Waals surface area contributed by atoms with Crippen molar-refractivity contribution in [2.75, 3.05) is 6.61 Å². The summed E-state index contributed by atoms with van der Waals surface area (Å²) >= 11 is 0. The van der Waals surface area contributed by atoms with Gasteiger partial charge in [0.2, 0.25) is 5.91 Å². The number of rotatable bonds is 6. The molecule has 0 aliphatic heterocycles. The highest BCUT2D eigenvalue weighted by molar-refractivity contribution is 5.86. The molecule has 1 rings (SSSR count). The second kappa shape index (κ2) is 8.45. The monoisotopic (exact) mass is 328 g/mol. The van der Waals surface area contributed by atoms with E-state index in [9.17, 15) is 18.4 Å². The number of carbonyl (C=O) groups is 2. The highest BCUT2D eigenvalue weighted by atomic mass is 19.1. The summed E-state index contributed by atoms with van der Waals surface area (Å²) in [6.07, 6.45) is -0.703. The van der Waals surface area contributed by atoms with Crippen molar-refractivity contribution in [1.82, 2.24) is 10.6 Å². The molecule has 0 fully saturated rings. The lowest BCUT2D eigenvalue weighted by atomic mass is 10.0. The van der Waals surface area contributed by atoms with Crippen LogP contribution in [0.15, 0.2) is 18.2 Å². The molecule has 128 valence electrons. The summed E-state index contributed by atoms with van der Waals surface area (Å²) in [5.41, 5.74) is 0.0389. The SMILES string of the molecule is CCOC(=O)NC(C(=O)NC(C)c1cc(F)ccc1F)C(C)C. The van der Waals surface area contributed by atoms with E-state index in [1.807, 2.05) is 0 Å². The zero-order valence-corrected chi connectivity index (χ0v) is 13.7. The van der Waals surface area contributed by atoms with Crippen LogP contribution in [0, 0.1) is 17.6 Å². The molecule has 2 amide bonds. The summed E-state index contributed by atoms with van der Waals surface area (Å²) in [6, 6.07) is 1.46. The van der Waals surface area contributed by atoms with Crippen LogP contribution in [0.2, 0.25) is 0 Å². The maximum Gasteiger partial charge on any atom is 0.407 e. The lowest BCUT2D eigenvalue weighted by Gasteiger charge is -2.24. The Kier molecular flexibility index (Phi) is 6.93. The van der Waals surface area contributed by atoms with Gasteiger partial charge in [0.05, 0.1) is 12.6 Å². The van der Waals surface area contributed by atoms with Crippen molar-refractivity contribution < 1.29 is 23.1 Å². The Bertz CT molecular complexity index is 564. The Morgan fingerprint density at radius 1 is 1.17 bits per heavy atom. The molecular weight excluding hydrogens is 306 g/mol. The largest absolute Gasteiger partial charge is 0.450 e. The van der Waals surface area contributed by atoms with Gasteiger partial charge in [-0.25, -0.2) is 13.6 Å². The Morgan fingerprint density at radius 3 is 2.39 bits per heavy atom. The van der Waals surface area contributed by atoms with Crippen molar-refractivity contribution in [3.05, 3.63) is 35.4 Å². The topological polar surface area (TPSA) is 67.4 Å². The van der Waals surface area contributed by atoms with E-state index in [2.05, 4.69) is 10.6 Å². The molecule has 7 heteroatoms. The molecule has 2 N–H and O–H groups in total. The Labute approximate surface area is 134 Å². The molecule has 0 spiro atoms. The highest BCUT2D eigenvalue weighted by Crippen LogP contribution is 2.18. The van der Waals surface area contributed by atoms with Crippen molar-refractivity contribution in [2.24, 2.45) is 5.92 Å². The lowest BCUT2D eigenvalue weighted by molar-refractivity contribution is -0.124. The maximum absolute atomic E-state index is 13.7. The number of halogens is 2. The van der Waals surface area contributed by atoms with Gasteiger partial charge in [-0.1, -0.05) is 13.8 Å². The summed E-state index contributed by atoms with van der Waals surface area (Å²) in [5, 5.41) is 5.04. The van der Waals surface area contributed by atoms with Crippen molar-refractivity contribution in [1.29, 1.82) is 0 Å². The Morgan fingerprint density at radius 2 is 1.83 bits per heavy atom. The van der Waals surface area contributed by atoms with Crippen molar-refractivity contribution in [2.45, 2.75) is 39.8 Å². The van der Waals surface area contributed by atoms with Gasteiger partial charge in [-0.15, -0.1) is 0 Å². The van der Waals surface area contributed by atoms with Crippen molar-refractivity contribution in [3.8, 4) is 0 Å². The fraction of sp³-hybridized carbons (Fsp3) is 0.500. The van der Waals surface area contributed by atoms with Crippen LogP contribution in [0.25, 0.3) is 0 Å². The van der Waals surface area contributed by atoms with Gasteiger partial charge in [0.1, 0.15) is 17.7 Å². The average molecular weight is 328 g/mol. The lowest BCUT2D eigenvalue weighted by Crippen LogP contribution is -2.50. The molecule has 2 atom stereocenters. The maximum atomic E-state index is 13.7. The predicted octanol–water partition coefficient (Wildman–Crippen LogP) is 2.91. The molecule has 2 unspecified atom stereocenters. The smallest absolute Gasteiger partial charge is 0.407 e. The summed E-state index contributed by atoms with van der Waals surface area (Å²) in [6.45, 7) is 6.88. The van der Waals surface area contributed by atoms with Gasteiger partial charge in [0.15, 0.2) is 0 Å². The van der Waals surface area contributed by atoms with Crippen LogP contribution in [0.1, 0.15) is 39.3 Å². The van der Waals surface area contributed by atoms with Crippen LogP contribution >= 0.6 is 0 Å². The molecule has 0 saturated heterocycles. The minimum Gasteiger partial charge on any atom is -0.450 e. The number of ether oxygens (including phenoxy) is 1. The third-order valence-electron chi connectivity index (χ3n) is 3.28.